The molecule has 0 N–H and O–H groups in total. The molecule has 1 aromatic heterocycles. The molecular formula is C19H23NO3S2. The van der Waals surface area contributed by atoms with E-state index < -0.39 is 9.84 Å². The number of hydrogen-bond donors (Lipinski definition) is 0. The Hall–Kier alpha value is -1.66. The highest BCUT2D eigenvalue weighted by molar-refractivity contribution is 7.91. The summed E-state index contributed by atoms with van der Waals surface area (Å²) in [6, 6.07) is 14.2. The lowest BCUT2D eigenvalue weighted by Crippen LogP contribution is -2.37. The fourth-order valence-corrected chi connectivity index (χ4v) is 5.82. The van der Waals surface area contributed by atoms with Gasteiger partial charge in [-0.2, -0.15) is 0 Å². The molecule has 0 spiro atoms. The SMILES string of the molecule is Cc1ccc(CN(CCc2ccccc2)C(=O)[C@H]2CCS(=O)(=O)C2)s1. The molecule has 3 rings (SSSR count). The first-order chi connectivity index (χ1) is 11.9. The highest BCUT2D eigenvalue weighted by atomic mass is 32.2. The first-order valence-electron chi connectivity index (χ1n) is 8.51. The van der Waals surface area contributed by atoms with E-state index in [-0.39, 0.29) is 23.3 Å². The van der Waals surface area contributed by atoms with E-state index in [1.54, 1.807) is 11.3 Å². The third kappa shape index (κ3) is 4.92. The van der Waals surface area contributed by atoms with Gasteiger partial charge in [0.2, 0.25) is 5.91 Å². The molecule has 1 aliphatic heterocycles. The van der Waals surface area contributed by atoms with Gasteiger partial charge in [0.15, 0.2) is 9.84 Å². The molecule has 1 aliphatic rings. The average Bonchev–Trinajstić information content (AvgIpc) is 3.16. The van der Waals surface area contributed by atoms with Crippen LogP contribution in [0.4, 0.5) is 0 Å². The summed E-state index contributed by atoms with van der Waals surface area (Å²) in [5.74, 6) is -0.282. The minimum Gasteiger partial charge on any atom is -0.337 e. The molecule has 0 unspecified atom stereocenters. The Kier molecular flexibility index (Phi) is 5.59. The van der Waals surface area contributed by atoms with Crippen LogP contribution in [0.2, 0.25) is 0 Å². The standard InChI is InChI=1S/C19H23NO3S2/c1-15-7-8-18(24-15)13-20(11-9-16-5-3-2-4-6-16)19(21)17-10-12-25(22,23)14-17/h2-8,17H,9-14H2,1H3/t17-/m0/s1. The fraction of sp³-hybridized carbons (Fsp3) is 0.421. The summed E-state index contributed by atoms with van der Waals surface area (Å²) in [6.45, 7) is 3.21. The van der Waals surface area contributed by atoms with Crippen LogP contribution in [-0.2, 0) is 27.6 Å². The summed E-state index contributed by atoms with van der Waals surface area (Å²) in [7, 11) is -3.05. The Bertz CT molecular complexity index is 827. The summed E-state index contributed by atoms with van der Waals surface area (Å²) in [4.78, 5) is 17.1. The van der Waals surface area contributed by atoms with E-state index in [2.05, 4.69) is 18.2 Å². The number of rotatable bonds is 6. The second-order valence-electron chi connectivity index (χ2n) is 6.61. The van der Waals surface area contributed by atoms with Crippen molar-refractivity contribution < 1.29 is 13.2 Å². The Morgan fingerprint density at radius 3 is 2.56 bits per heavy atom. The molecule has 4 nitrogen and oxygen atoms in total. The lowest BCUT2D eigenvalue weighted by atomic mass is 10.1. The quantitative estimate of drug-likeness (QED) is 0.777. The van der Waals surface area contributed by atoms with Crippen molar-refractivity contribution in [2.75, 3.05) is 18.1 Å². The van der Waals surface area contributed by atoms with Crippen LogP contribution in [0.5, 0.6) is 0 Å². The van der Waals surface area contributed by atoms with Crippen molar-refractivity contribution in [3.8, 4) is 0 Å². The minimum absolute atomic E-state index is 0.00284. The van der Waals surface area contributed by atoms with Crippen LogP contribution in [0.1, 0.15) is 21.7 Å². The highest BCUT2D eigenvalue weighted by Crippen LogP contribution is 2.24. The van der Waals surface area contributed by atoms with Gasteiger partial charge in [-0.15, -0.1) is 11.3 Å². The van der Waals surface area contributed by atoms with Crippen LogP contribution in [0.15, 0.2) is 42.5 Å². The van der Waals surface area contributed by atoms with Crippen molar-refractivity contribution in [2.24, 2.45) is 5.92 Å². The van der Waals surface area contributed by atoms with Gasteiger partial charge < -0.3 is 4.90 Å². The number of sulfone groups is 1. The number of aryl methyl sites for hydroxylation is 1. The van der Waals surface area contributed by atoms with Crippen LogP contribution in [0, 0.1) is 12.8 Å². The van der Waals surface area contributed by atoms with E-state index in [4.69, 9.17) is 0 Å². The molecule has 6 heteroatoms. The topological polar surface area (TPSA) is 54.5 Å². The maximum absolute atomic E-state index is 12.9. The van der Waals surface area contributed by atoms with E-state index in [9.17, 15) is 13.2 Å². The minimum atomic E-state index is -3.05. The Morgan fingerprint density at radius 1 is 1.20 bits per heavy atom. The van der Waals surface area contributed by atoms with Crippen molar-refractivity contribution in [3.05, 3.63) is 57.8 Å². The summed E-state index contributed by atoms with van der Waals surface area (Å²) >= 11 is 1.69. The Labute approximate surface area is 153 Å². The summed E-state index contributed by atoms with van der Waals surface area (Å²) in [6.07, 6.45) is 1.23. The molecule has 1 fully saturated rings. The van der Waals surface area contributed by atoms with Gasteiger partial charge in [-0.05, 0) is 37.5 Å². The largest absolute Gasteiger partial charge is 0.337 e. The van der Waals surface area contributed by atoms with E-state index in [1.165, 1.54) is 10.4 Å². The molecule has 134 valence electrons. The fourth-order valence-electron chi connectivity index (χ4n) is 3.18. The van der Waals surface area contributed by atoms with E-state index >= 15 is 0 Å². The normalized spacial score (nSPS) is 19.0. The van der Waals surface area contributed by atoms with E-state index in [0.29, 0.717) is 19.5 Å². The van der Waals surface area contributed by atoms with E-state index in [1.807, 2.05) is 36.1 Å². The molecule has 0 radical (unpaired) electrons. The van der Waals surface area contributed by atoms with Crippen LogP contribution < -0.4 is 0 Å². The Morgan fingerprint density at radius 2 is 1.96 bits per heavy atom. The number of carbonyl (C=O) groups excluding carboxylic acids is 1. The molecule has 0 bridgehead atoms. The smallest absolute Gasteiger partial charge is 0.227 e. The third-order valence-corrected chi connectivity index (χ3v) is 7.30. The van der Waals surface area contributed by atoms with Crippen LogP contribution in [0.3, 0.4) is 0 Å². The van der Waals surface area contributed by atoms with Gasteiger partial charge in [0.1, 0.15) is 0 Å². The zero-order valence-electron chi connectivity index (χ0n) is 14.3. The predicted molar refractivity (Wildman–Crippen MR) is 101 cm³/mol. The van der Waals surface area contributed by atoms with Gasteiger partial charge in [-0.1, -0.05) is 30.3 Å². The van der Waals surface area contributed by atoms with Crippen molar-refractivity contribution in [1.29, 1.82) is 0 Å². The van der Waals surface area contributed by atoms with Gasteiger partial charge >= 0.3 is 0 Å². The molecule has 1 saturated heterocycles. The molecule has 0 saturated carbocycles. The number of amides is 1. The first kappa shape index (κ1) is 18.1. The number of nitrogens with zero attached hydrogens (tertiary/aromatic N) is 1. The summed E-state index contributed by atoms with van der Waals surface area (Å²) in [5, 5.41) is 0. The molecule has 1 atom stereocenters. The zero-order chi connectivity index (χ0) is 17.9. The molecule has 2 heterocycles. The Balaban J connectivity index is 1.72. The number of thiophene rings is 1. The second kappa shape index (κ2) is 7.70. The van der Waals surface area contributed by atoms with Crippen LogP contribution in [0.25, 0.3) is 0 Å². The van der Waals surface area contributed by atoms with Crippen molar-refractivity contribution in [3.63, 3.8) is 0 Å². The number of benzene rings is 1. The molecule has 1 amide bonds. The third-order valence-electron chi connectivity index (χ3n) is 4.55. The summed E-state index contributed by atoms with van der Waals surface area (Å²) < 4.78 is 23.5. The first-order valence-corrected chi connectivity index (χ1v) is 11.2. The van der Waals surface area contributed by atoms with Gasteiger partial charge in [0.25, 0.3) is 0 Å². The number of carbonyl (C=O) groups is 1. The lowest BCUT2D eigenvalue weighted by Gasteiger charge is -2.25. The monoisotopic (exact) mass is 377 g/mol. The van der Waals surface area contributed by atoms with Crippen molar-refractivity contribution in [2.45, 2.75) is 26.3 Å². The summed E-state index contributed by atoms with van der Waals surface area (Å²) in [5.41, 5.74) is 1.18. The van der Waals surface area contributed by atoms with Gasteiger partial charge in [0.05, 0.1) is 24.0 Å². The zero-order valence-corrected chi connectivity index (χ0v) is 16.0. The van der Waals surface area contributed by atoms with Gasteiger partial charge in [-0.3, -0.25) is 4.79 Å². The van der Waals surface area contributed by atoms with Gasteiger partial charge in [0, 0.05) is 16.3 Å². The van der Waals surface area contributed by atoms with E-state index in [0.717, 1.165) is 11.3 Å². The average molecular weight is 378 g/mol. The lowest BCUT2D eigenvalue weighted by molar-refractivity contribution is -0.135. The van der Waals surface area contributed by atoms with Crippen LogP contribution in [-0.4, -0.2) is 37.3 Å². The number of hydrogen-bond acceptors (Lipinski definition) is 4. The predicted octanol–water partition coefficient (Wildman–Crippen LogP) is 3.06. The van der Waals surface area contributed by atoms with Gasteiger partial charge in [-0.25, -0.2) is 8.42 Å². The maximum Gasteiger partial charge on any atom is 0.227 e. The molecule has 25 heavy (non-hydrogen) atoms. The van der Waals surface area contributed by atoms with Crippen molar-refractivity contribution in [1.82, 2.24) is 4.90 Å². The molecule has 2 aromatic rings. The second-order valence-corrected chi connectivity index (χ2v) is 10.2. The maximum atomic E-state index is 12.9. The van der Waals surface area contributed by atoms with Crippen molar-refractivity contribution >= 4 is 27.1 Å². The highest BCUT2D eigenvalue weighted by Gasteiger charge is 2.35. The molecule has 0 aliphatic carbocycles. The molecular weight excluding hydrogens is 354 g/mol. The van der Waals surface area contributed by atoms with Crippen LogP contribution >= 0.6 is 11.3 Å². The molecule has 1 aromatic carbocycles.